The largest absolute Gasteiger partial charge is 0.497 e. The third-order valence-corrected chi connectivity index (χ3v) is 6.50. The molecule has 34 heavy (non-hydrogen) atoms. The topological polar surface area (TPSA) is 68.6 Å². The van der Waals surface area contributed by atoms with E-state index in [4.69, 9.17) is 9.47 Å². The number of morpholine rings is 1. The molecular formula is C27H34N4O3. The van der Waals surface area contributed by atoms with Crippen LogP contribution in [0.15, 0.2) is 48.5 Å². The van der Waals surface area contributed by atoms with Gasteiger partial charge < -0.3 is 14.8 Å². The average molecular weight is 463 g/mol. The molecule has 7 nitrogen and oxygen atoms in total. The van der Waals surface area contributed by atoms with Crippen molar-refractivity contribution in [2.75, 3.05) is 40.0 Å². The Kier molecular flexibility index (Phi) is 7.65. The maximum atomic E-state index is 13.3. The molecule has 0 spiro atoms. The zero-order valence-electron chi connectivity index (χ0n) is 20.5. The molecule has 2 heterocycles. The molecule has 0 radical (unpaired) electrons. The zero-order chi connectivity index (χ0) is 24.1. The van der Waals surface area contributed by atoms with Gasteiger partial charge in [-0.05, 0) is 44.0 Å². The van der Waals surface area contributed by atoms with Gasteiger partial charge in [-0.2, -0.15) is 5.10 Å². The van der Waals surface area contributed by atoms with Crippen molar-refractivity contribution < 1.29 is 14.3 Å². The van der Waals surface area contributed by atoms with E-state index in [1.165, 1.54) is 5.56 Å². The Hall–Kier alpha value is -3.16. The number of amides is 1. The van der Waals surface area contributed by atoms with E-state index in [0.717, 1.165) is 41.4 Å². The fourth-order valence-electron chi connectivity index (χ4n) is 4.50. The molecule has 0 saturated carbocycles. The van der Waals surface area contributed by atoms with Crippen LogP contribution >= 0.6 is 0 Å². The highest BCUT2D eigenvalue weighted by atomic mass is 16.5. The first-order valence-corrected chi connectivity index (χ1v) is 11.8. The molecule has 1 aliphatic rings. The Labute approximate surface area is 201 Å². The predicted octanol–water partition coefficient (Wildman–Crippen LogP) is 3.67. The molecule has 7 heteroatoms. The molecular weight excluding hydrogens is 428 g/mol. The maximum absolute atomic E-state index is 13.3. The molecule has 1 saturated heterocycles. The number of benzene rings is 2. The summed E-state index contributed by atoms with van der Waals surface area (Å²) in [4.78, 5) is 15.7. The summed E-state index contributed by atoms with van der Waals surface area (Å²) in [6, 6.07) is 16.5. The van der Waals surface area contributed by atoms with E-state index >= 15 is 0 Å². The number of rotatable bonds is 8. The van der Waals surface area contributed by atoms with Gasteiger partial charge in [0.25, 0.3) is 5.91 Å². The third-order valence-electron chi connectivity index (χ3n) is 6.50. The first kappa shape index (κ1) is 24.0. The van der Waals surface area contributed by atoms with Crippen LogP contribution in [0.25, 0.3) is 0 Å². The van der Waals surface area contributed by atoms with Gasteiger partial charge in [0.2, 0.25) is 0 Å². The molecule has 0 unspecified atom stereocenters. The fourth-order valence-corrected chi connectivity index (χ4v) is 4.50. The number of nitrogens with one attached hydrogen (secondary N) is 1. The van der Waals surface area contributed by atoms with E-state index in [1.54, 1.807) is 7.11 Å². The Bertz CT molecular complexity index is 1100. The minimum atomic E-state index is -0.0862. The van der Waals surface area contributed by atoms with E-state index in [0.29, 0.717) is 31.9 Å². The summed E-state index contributed by atoms with van der Waals surface area (Å²) >= 11 is 0. The van der Waals surface area contributed by atoms with Crippen LogP contribution < -0.4 is 10.1 Å². The van der Waals surface area contributed by atoms with E-state index in [2.05, 4.69) is 58.6 Å². The minimum Gasteiger partial charge on any atom is -0.497 e. The van der Waals surface area contributed by atoms with Gasteiger partial charge in [-0.15, -0.1) is 0 Å². The van der Waals surface area contributed by atoms with Crippen molar-refractivity contribution >= 4 is 5.91 Å². The molecule has 0 bridgehead atoms. The first-order chi connectivity index (χ1) is 16.5. The van der Waals surface area contributed by atoms with Crippen molar-refractivity contribution in [3.05, 3.63) is 82.2 Å². The number of carbonyl (C=O) groups excluding carboxylic acids is 1. The van der Waals surface area contributed by atoms with Crippen LogP contribution in [-0.4, -0.2) is 60.5 Å². The second-order valence-electron chi connectivity index (χ2n) is 8.84. The number of aryl methyl sites for hydroxylation is 2. The molecule has 180 valence electrons. The van der Waals surface area contributed by atoms with Gasteiger partial charge in [0, 0.05) is 25.3 Å². The molecule has 1 N–H and O–H groups in total. The van der Waals surface area contributed by atoms with Gasteiger partial charge in [-0.1, -0.05) is 42.0 Å². The third kappa shape index (κ3) is 5.48. The lowest BCUT2D eigenvalue weighted by Gasteiger charge is -2.35. The highest BCUT2D eigenvalue weighted by molar-refractivity contribution is 5.96. The average Bonchev–Trinajstić information content (AvgIpc) is 3.14. The van der Waals surface area contributed by atoms with Crippen molar-refractivity contribution in [1.82, 2.24) is 20.0 Å². The van der Waals surface area contributed by atoms with Gasteiger partial charge in [0.15, 0.2) is 0 Å². The van der Waals surface area contributed by atoms with E-state index < -0.39 is 0 Å². The minimum absolute atomic E-state index is 0.0574. The number of nitrogens with zero attached hydrogens (tertiary/aromatic N) is 3. The van der Waals surface area contributed by atoms with Crippen molar-refractivity contribution in [3.63, 3.8) is 0 Å². The maximum Gasteiger partial charge on any atom is 0.255 e. The van der Waals surface area contributed by atoms with Crippen LogP contribution in [0.4, 0.5) is 0 Å². The zero-order valence-corrected chi connectivity index (χ0v) is 20.5. The van der Waals surface area contributed by atoms with E-state index in [1.807, 2.05) is 30.7 Å². The van der Waals surface area contributed by atoms with Crippen LogP contribution in [0.3, 0.4) is 0 Å². The highest BCUT2D eigenvalue weighted by Gasteiger charge is 2.25. The molecule has 1 aromatic heterocycles. The van der Waals surface area contributed by atoms with Crippen molar-refractivity contribution in [3.8, 4) is 5.75 Å². The van der Waals surface area contributed by atoms with E-state index in [9.17, 15) is 4.79 Å². The van der Waals surface area contributed by atoms with Crippen LogP contribution in [0.1, 0.15) is 44.5 Å². The van der Waals surface area contributed by atoms with E-state index in [-0.39, 0.29) is 11.9 Å². The number of carbonyl (C=O) groups is 1. The molecule has 1 aliphatic heterocycles. The Morgan fingerprint density at radius 2 is 1.74 bits per heavy atom. The standard InChI is InChI=1S/C27H34N4O3/c1-19-5-7-22(8-6-19)18-31-21(3)26(20(2)29-31)27(32)28-17-25(30-13-15-34-16-14-30)23-9-11-24(33-4)12-10-23/h5-12,25H,13-18H2,1-4H3,(H,28,32)/t25-/m1/s1. The lowest BCUT2D eigenvalue weighted by molar-refractivity contribution is 0.0162. The molecule has 1 atom stereocenters. The Balaban J connectivity index is 1.49. The summed E-state index contributed by atoms with van der Waals surface area (Å²) in [5.41, 5.74) is 5.81. The first-order valence-electron chi connectivity index (χ1n) is 11.8. The number of hydrogen-bond donors (Lipinski definition) is 1. The second-order valence-corrected chi connectivity index (χ2v) is 8.84. The molecule has 1 amide bonds. The monoisotopic (exact) mass is 462 g/mol. The smallest absolute Gasteiger partial charge is 0.255 e. The molecule has 4 rings (SSSR count). The van der Waals surface area contributed by atoms with Crippen molar-refractivity contribution in [2.24, 2.45) is 0 Å². The number of ether oxygens (including phenoxy) is 2. The van der Waals surface area contributed by atoms with Crippen molar-refractivity contribution in [1.29, 1.82) is 0 Å². The van der Waals surface area contributed by atoms with Gasteiger partial charge in [-0.3, -0.25) is 14.4 Å². The Morgan fingerprint density at radius 1 is 1.06 bits per heavy atom. The van der Waals surface area contributed by atoms with Crippen LogP contribution in [0.5, 0.6) is 5.75 Å². The molecule has 1 fully saturated rings. The highest BCUT2D eigenvalue weighted by Crippen LogP contribution is 2.24. The molecule has 0 aliphatic carbocycles. The SMILES string of the molecule is COc1ccc([C@@H](CNC(=O)c2c(C)nn(Cc3ccc(C)cc3)c2C)N2CCOCC2)cc1. The van der Waals surface area contributed by atoms with Gasteiger partial charge in [-0.25, -0.2) is 0 Å². The summed E-state index contributed by atoms with van der Waals surface area (Å²) < 4.78 is 12.8. The predicted molar refractivity (Wildman–Crippen MR) is 132 cm³/mol. The van der Waals surface area contributed by atoms with Gasteiger partial charge >= 0.3 is 0 Å². The van der Waals surface area contributed by atoms with Gasteiger partial charge in [0.05, 0.1) is 44.2 Å². The summed E-state index contributed by atoms with van der Waals surface area (Å²) in [5, 5.41) is 7.84. The lowest BCUT2D eigenvalue weighted by Crippen LogP contribution is -2.44. The van der Waals surface area contributed by atoms with Gasteiger partial charge in [0.1, 0.15) is 5.75 Å². The second kappa shape index (κ2) is 10.8. The molecule has 3 aromatic rings. The normalized spacial score (nSPS) is 15.2. The summed E-state index contributed by atoms with van der Waals surface area (Å²) in [7, 11) is 1.67. The van der Waals surface area contributed by atoms with Crippen LogP contribution in [0.2, 0.25) is 0 Å². The number of hydrogen-bond acceptors (Lipinski definition) is 5. The quantitative estimate of drug-likeness (QED) is 0.553. The summed E-state index contributed by atoms with van der Waals surface area (Å²) in [5.74, 6) is 0.734. The summed E-state index contributed by atoms with van der Waals surface area (Å²) in [6.45, 7) is 10.2. The fraction of sp³-hybridized carbons (Fsp3) is 0.407. The lowest BCUT2D eigenvalue weighted by atomic mass is 10.0. The summed E-state index contributed by atoms with van der Waals surface area (Å²) in [6.07, 6.45) is 0. The number of aromatic nitrogens is 2. The van der Waals surface area contributed by atoms with Crippen LogP contribution in [0, 0.1) is 20.8 Å². The van der Waals surface area contributed by atoms with Crippen LogP contribution in [-0.2, 0) is 11.3 Å². The van der Waals surface area contributed by atoms with Crippen molar-refractivity contribution in [2.45, 2.75) is 33.4 Å². The Morgan fingerprint density at radius 3 is 2.38 bits per heavy atom. The molecule has 2 aromatic carbocycles. The number of methoxy groups -OCH3 is 1.